The van der Waals surface area contributed by atoms with E-state index in [-0.39, 0.29) is 16.4 Å². The van der Waals surface area contributed by atoms with Crippen molar-refractivity contribution in [1.82, 2.24) is 10.2 Å². The van der Waals surface area contributed by atoms with E-state index in [1.54, 1.807) is 0 Å². The summed E-state index contributed by atoms with van der Waals surface area (Å²) in [6.07, 6.45) is 1.28. The molecule has 1 aromatic carbocycles. The first-order valence-corrected chi connectivity index (χ1v) is 6.91. The maximum absolute atomic E-state index is 13.5. The maximum Gasteiger partial charge on any atom is 0.265 e. The second-order valence-corrected chi connectivity index (χ2v) is 5.65. The number of nitrogens with one attached hydrogen (secondary N) is 2. The Hall–Kier alpha value is -2.00. The van der Waals surface area contributed by atoms with Crippen LogP contribution in [0.2, 0.25) is 0 Å². The molecule has 9 heteroatoms. The van der Waals surface area contributed by atoms with E-state index >= 15 is 0 Å². The van der Waals surface area contributed by atoms with Gasteiger partial charge in [0.05, 0.1) is 11.8 Å². The molecule has 2 aromatic rings. The van der Waals surface area contributed by atoms with E-state index in [1.807, 2.05) is 0 Å². The molecule has 0 radical (unpaired) electrons. The monoisotopic (exact) mass is 300 g/mol. The highest BCUT2D eigenvalue weighted by Gasteiger charge is 2.21. The van der Waals surface area contributed by atoms with E-state index in [0.717, 1.165) is 12.1 Å². The molecule has 0 aliphatic rings. The zero-order valence-corrected chi connectivity index (χ0v) is 11.1. The molecule has 0 aliphatic heterocycles. The number of H-pyrrole nitrogens is 1. The summed E-state index contributed by atoms with van der Waals surface area (Å²) in [6.45, 7) is 0. The summed E-state index contributed by atoms with van der Waals surface area (Å²) < 4.78 is 39.7. The van der Waals surface area contributed by atoms with Crippen LogP contribution in [0.15, 0.2) is 35.4 Å². The number of hydrogen-bond acceptors (Lipinski definition) is 4. The van der Waals surface area contributed by atoms with Crippen molar-refractivity contribution >= 4 is 33.0 Å². The Morgan fingerprint density at radius 3 is 2.74 bits per heavy atom. The first kappa shape index (κ1) is 13.4. The molecule has 1 heterocycles. The molecule has 2 rings (SSSR count). The number of rotatable bonds is 4. The van der Waals surface area contributed by atoms with E-state index in [2.05, 4.69) is 14.9 Å². The second-order valence-electron chi connectivity index (χ2n) is 3.56. The van der Waals surface area contributed by atoms with Crippen LogP contribution in [-0.2, 0) is 10.0 Å². The number of aromatic nitrogens is 2. The van der Waals surface area contributed by atoms with Crippen molar-refractivity contribution in [2.45, 2.75) is 4.90 Å². The molecule has 0 fully saturated rings. The predicted molar refractivity (Wildman–Crippen MR) is 71.7 cm³/mol. The van der Waals surface area contributed by atoms with Gasteiger partial charge in [0.15, 0.2) is 0 Å². The Kier molecular flexibility index (Phi) is 3.49. The summed E-state index contributed by atoms with van der Waals surface area (Å²) in [5.74, 6) is -0.859. The van der Waals surface area contributed by atoms with Gasteiger partial charge < -0.3 is 5.73 Å². The lowest BCUT2D eigenvalue weighted by molar-refractivity contribution is 0.570. The average molecular weight is 300 g/mol. The number of halogens is 1. The van der Waals surface area contributed by atoms with Crippen LogP contribution in [-0.4, -0.2) is 23.6 Å². The number of anilines is 1. The summed E-state index contributed by atoms with van der Waals surface area (Å²) in [4.78, 5) is -0.501. The molecule has 0 saturated carbocycles. The third-order valence-corrected chi connectivity index (χ3v) is 3.87. The Morgan fingerprint density at radius 2 is 2.11 bits per heavy atom. The summed E-state index contributed by atoms with van der Waals surface area (Å²) in [6, 6.07) is 5.01. The number of benzene rings is 1. The number of nitrogens with zero attached hydrogens (tertiary/aromatic N) is 1. The first-order chi connectivity index (χ1) is 8.92. The van der Waals surface area contributed by atoms with Crippen LogP contribution in [0.25, 0.3) is 0 Å². The fourth-order valence-electron chi connectivity index (χ4n) is 1.40. The minimum Gasteiger partial charge on any atom is -0.389 e. The van der Waals surface area contributed by atoms with Crippen molar-refractivity contribution in [2.75, 3.05) is 4.72 Å². The van der Waals surface area contributed by atoms with E-state index in [0.29, 0.717) is 0 Å². The van der Waals surface area contributed by atoms with Crippen molar-refractivity contribution in [3.05, 3.63) is 41.8 Å². The molecule has 100 valence electrons. The Bertz CT molecular complexity index is 727. The van der Waals surface area contributed by atoms with Crippen LogP contribution in [0.3, 0.4) is 0 Å². The molecule has 0 aliphatic carbocycles. The van der Waals surface area contributed by atoms with Crippen LogP contribution < -0.4 is 10.5 Å². The molecule has 0 atom stereocenters. The Morgan fingerprint density at radius 1 is 1.42 bits per heavy atom. The quantitative estimate of drug-likeness (QED) is 0.731. The molecule has 19 heavy (non-hydrogen) atoms. The zero-order chi connectivity index (χ0) is 14.0. The molecule has 1 aromatic heterocycles. The highest BCUT2D eigenvalue weighted by atomic mass is 32.2. The van der Waals surface area contributed by atoms with Crippen LogP contribution in [0, 0.1) is 5.82 Å². The van der Waals surface area contributed by atoms with Crippen LogP contribution in [0.1, 0.15) is 5.56 Å². The largest absolute Gasteiger partial charge is 0.389 e. The highest BCUT2D eigenvalue weighted by molar-refractivity contribution is 7.92. The van der Waals surface area contributed by atoms with Crippen LogP contribution >= 0.6 is 12.2 Å². The molecule has 0 unspecified atom stereocenters. The van der Waals surface area contributed by atoms with Gasteiger partial charge in [-0.1, -0.05) is 24.4 Å². The molecule has 0 amide bonds. The van der Waals surface area contributed by atoms with Crippen molar-refractivity contribution < 1.29 is 12.8 Å². The average Bonchev–Trinajstić information content (AvgIpc) is 2.76. The SMILES string of the molecule is NC(=S)c1cn[nH]c1NS(=O)(=O)c1ccccc1F. The van der Waals surface area contributed by atoms with E-state index in [1.165, 1.54) is 18.3 Å². The van der Waals surface area contributed by atoms with Gasteiger partial charge in [0.2, 0.25) is 0 Å². The first-order valence-electron chi connectivity index (χ1n) is 5.02. The third kappa shape index (κ3) is 2.71. The fourth-order valence-corrected chi connectivity index (χ4v) is 2.67. The molecule has 0 bridgehead atoms. The fraction of sp³-hybridized carbons (Fsp3) is 0. The number of nitrogens with two attached hydrogens (primary N) is 1. The minimum atomic E-state index is -4.08. The van der Waals surface area contributed by atoms with Gasteiger partial charge in [-0.3, -0.25) is 9.82 Å². The summed E-state index contributed by atoms with van der Waals surface area (Å²) in [5, 5.41) is 6.03. The standard InChI is InChI=1S/C10H9FN4O2S2/c11-7-3-1-2-4-8(7)19(16,17)15-10-6(9(12)18)5-13-14-10/h1-5H,(H2,12,18)(H2,13,14,15). The topological polar surface area (TPSA) is 101 Å². The predicted octanol–water partition coefficient (Wildman–Crippen LogP) is 0.984. The van der Waals surface area contributed by atoms with Gasteiger partial charge in [-0.25, -0.2) is 12.8 Å². The lowest BCUT2D eigenvalue weighted by atomic mass is 10.3. The number of hydrogen-bond donors (Lipinski definition) is 3. The van der Waals surface area contributed by atoms with Gasteiger partial charge in [-0.2, -0.15) is 5.10 Å². The number of aromatic amines is 1. The van der Waals surface area contributed by atoms with E-state index < -0.39 is 20.7 Å². The molecular formula is C10H9FN4O2S2. The molecular weight excluding hydrogens is 291 g/mol. The lowest BCUT2D eigenvalue weighted by Crippen LogP contribution is -2.18. The summed E-state index contributed by atoms with van der Waals surface area (Å²) >= 11 is 4.74. The van der Waals surface area contributed by atoms with Crippen LogP contribution in [0.5, 0.6) is 0 Å². The smallest absolute Gasteiger partial charge is 0.265 e. The maximum atomic E-state index is 13.5. The summed E-state index contributed by atoms with van der Waals surface area (Å²) in [7, 11) is -4.08. The Balaban J connectivity index is 2.40. The lowest BCUT2D eigenvalue weighted by Gasteiger charge is -2.08. The normalized spacial score (nSPS) is 11.2. The van der Waals surface area contributed by atoms with Crippen molar-refractivity contribution in [2.24, 2.45) is 5.73 Å². The van der Waals surface area contributed by atoms with Gasteiger partial charge >= 0.3 is 0 Å². The molecule has 0 spiro atoms. The van der Waals surface area contributed by atoms with Gasteiger partial charge in [0.1, 0.15) is 21.5 Å². The van der Waals surface area contributed by atoms with Gasteiger partial charge in [-0.15, -0.1) is 0 Å². The highest BCUT2D eigenvalue weighted by Crippen LogP contribution is 2.19. The van der Waals surface area contributed by atoms with E-state index in [9.17, 15) is 12.8 Å². The van der Waals surface area contributed by atoms with Crippen molar-refractivity contribution in [3.63, 3.8) is 0 Å². The molecule has 0 saturated heterocycles. The number of thiocarbonyl (C=S) groups is 1. The second kappa shape index (κ2) is 4.94. The van der Waals surface area contributed by atoms with Crippen molar-refractivity contribution in [3.8, 4) is 0 Å². The van der Waals surface area contributed by atoms with Gasteiger partial charge in [-0.05, 0) is 12.1 Å². The molecule has 6 nitrogen and oxygen atoms in total. The van der Waals surface area contributed by atoms with Crippen LogP contribution in [0.4, 0.5) is 10.2 Å². The summed E-state index contributed by atoms with van der Waals surface area (Å²) in [5.41, 5.74) is 5.64. The zero-order valence-electron chi connectivity index (χ0n) is 9.42. The van der Waals surface area contributed by atoms with Crippen molar-refractivity contribution in [1.29, 1.82) is 0 Å². The Labute approximate surface area is 113 Å². The van der Waals surface area contributed by atoms with Gasteiger partial charge in [0, 0.05) is 0 Å². The van der Waals surface area contributed by atoms with Gasteiger partial charge in [0.25, 0.3) is 10.0 Å². The number of sulfonamides is 1. The van der Waals surface area contributed by atoms with E-state index in [4.69, 9.17) is 18.0 Å². The molecule has 4 N–H and O–H groups in total. The third-order valence-electron chi connectivity index (χ3n) is 2.27. The minimum absolute atomic E-state index is 0.00393.